The minimum atomic E-state index is -0.117. The highest BCUT2D eigenvalue weighted by Crippen LogP contribution is 2.32. The summed E-state index contributed by atoms with van der Waals surface area (Å²) in [5.74, 6) is 0.475. The lowest BCUT2D eigenvalue weighted by molar-refractivity contribution is 0.0983. The second-order valence-electron chi connectivity index (χ2n) is 6.09. The van der Waals surface area contributed by atoms with Crippen LogP contribution in [0, 0.1) is 6.92 Å². The Morgan fingerprint density at radius 1 is 1.07 bits per heavy atom. The van der Waals surface area contributed by atoms with Crippen LogP contribution in [0.4, 0.5) is 5.13 Å². The SMILES string of the molecule is CCCN(C(=O)c1ccccc1OCC)c1nnc(-c2ccccc2C)s1. The van der Waals surface area contributed by atoms with Crippen LogP contribution in [0.1, 0.15) is 36.2 Å². The van der Waals surface area contributed by atoms with E-state index < -0.39 is 0 Å². The van der Waals surface area contributed by atoms with Crippen LogP contribution >= 0.6 is 11.3 Å². The summed E-state index contributed by atoms with van der Waals surface area (Å²) in [6.07, 6.45) is 0.821. The van der Waals surface area contributed by atoms with E-state index in [1.165, 1.54) is 11.3 Å². The van der Waals surface area contributed by atoms with Crippen LogP contribution in [0.3, 0.4) is 0 Å². The molecule has 2 aromatic carbocycles. The number of rotatable bonds is 7. The number of carbonyl (C=O) groups excluding carboxylic acids is 1. The molecule has 0 radical (unpaired) electrons. The molecule has 0 fully saturated rings. The number of amides is 1. The normalized spacial score (nSPS) is 10.6. The Balaban J connectivity index is 1.95. The predicted octanol–water partition coefficient (Wildman–Crippen LogP) is 4.97. The molecule has 0 saturated heterocycles. The molecule has 0 aliphatic heterocycles. The maximum Gasteiger partial charge on any atom is 0.263 e. The van der Waals surface area contributed by atoms with Crippen molar-refractivity contribution in [3.05, 3.63) is 59.7 Å². The van der Waals surface area contributed by atoms with Crippen LogP contribution in [0.5, 0.6) is 5.75 Å². The average Bonchev–Trinajstić information content (AvgIpc) is 3.16. The van der Waals surface area contributed by atoms with Crippen molar-refractivity contribution in [2.75, 3.05) is 18.1 Å². The molecule has 0 N–H and O–H groups in total. The first-order valence-electron chi connectivity index (χ1n) is 9.08. The van der Waals surface area contributed by atoms with Crippen LogP contribution in [0.25, 0.3) is 10.6 Å². The standard InChI is InChI=1S/C21H23N3O2S/c1-4-14-24(20(25)17-12-8-9-13-18(17)26-5-2)21-23-22-19(27-21)16-11-7-6-10-15(16)3/h6-13H,4-5,14H2,1-3H3. The molecular weight excluding hydrogens is 358 g/mol. The van der Waals surface area contributed by atoms with Gasteiger partial charge in [-0.25, -0.2) is 0 Å². The summed E-state index contributed by atoms with van der Waals surface area (Å²) in [5.41, 5.74) is 2.72. The number of anilines is 1. The number of hydrogen-bond donors (Lipinski definition) is 0. The Bertz CT molecular complexity index is 923. The van der Waals surface area contributed by atoms with Crippen molar-refractivity contribution >= 4 is 22.4 Å². The second-order valence-corrected chi connectivity index (χ2v) is 7.05. The Morgan fingerprint density at radius 2 is 1.81 bits per heavy atom. The lowest BCUT2D eigenvalue weighted by Gasteiger charge is -2.20. The van der Waals surface area contributed by atoms with Crippen molar-refractivity contribution in [1.82, 2.24) is 10.2 Å². The number of ether oxygens (including phenoxy) is 1. The molecule has 0 spiro atoms. The summed E-state index contributed by atoms with van der Waals surface area (Å²) in [6, 6.07) is 15.4. The van der Waals surface area contributed by atoms with E-state index in [2.05, 4.69) is 10.2 Å². The van der Waals surface area contributed by atoms with Crippen molar-refractivity contribution in [3.63, 3.8) is 0 Å². The third kappa shape index (κ3) is 4.17. The Hall–Kier alpha value is -2.73. The van der Waals surface area contributed by atoms with Crippen molar-refractivity contribution in [2.24, 2.45) is 0 Å². The van der Waals surface area contributed by atoms with E-state index >= 15 is 0 Å². The highest BCUT2D eigenvalue weighted by molar-refractivity contribution is 7.18. The van der Waals surface area contributed by atoms with Gasteiger partial charge in [0, 0.05) is 12.1 Å². The summed E-state index contributed by atoms with van der Waals surface area (Å²) in [7, 11) is 0. The summed E-state index contributed by atoms with van der Waals surface area (Å²) in [6.45, 7) is 7.07. The summed E-state index contributed by atoms with van der Waals surface area (Å²) in [5, 5.41) is 10.1. The Labute approximate surface area is 163 Å². The fourth-order valence-electron chi connectivity index (χ4n) is 2.82. The third-order valence-corrected chi connectivity index (χ3v) is 5.11. The monoisotopic (exact) mass is 381 g/mol. The molecule has 0 aliphatic rings. The van der Waals surface area contributed by atoms with E-state index in [-0.39, 0.29) is 5.91 Å². The fourth-order valence-corrected chi connectivity index (χ4v) is 3.78. The van der Waals surface area contributed by atoms with Gasteiger partial charge in [0.15, 0.2) is 0 Å². The number of aryl methyl sites for hydroxylation is 1. The van der Waals surface area contributed by atoms with E-state index in [0.29, 0.717) is 29.6 Å². The molecule has 3 aromatic rings. The summed E-state index contributed by atoms with van der Waals surface area (Å²) < 4.78 is 5.63. The molecule has 3 rings (SSSR count). The highest BCUT2D eigenvalue weighted by Gasteiger charge is 2.24. The molecular formula is C21H23N3O2S. The topological polar surface area (TPSA) is 55.3 Å². The molecule has 1 amide bonds. The molecule has 6 heteroatoms. The van der Waals surface area contributed by atoms with Gasteiger partial charge < -0.3 is 4.74 Å². The van der Waals surface area contributed by atoms with Crippen LogP contribution < -0.4 is 9.64 Å². The van der Waals surface area contributed by atoms with Crippen molar-refractivity contribution < 1.29 is 9.53 Å². The first-order chi connectivity index (χ1) is 13.2. The van der Waals surface area contributed by atoms with Gasteiger partial charge in [0.25, 0.3) is 5.91 Å². The lowest BCUT2D eigenvalue weighted by atomic mass is 10.1. The first kappa shape index (κ1) is 19.0. The maximum atomic E-state index is 13.2. The highest BCUT2D eigenvalue weighted by atomic mass is 32.1. The number of aromatic nitrogens is 2. The van der Waals surface area contributed by atoms with Gasteiger partial charge >= 0.3 is 0 Å². The van der Waals surface area contributed by atoms with Gasteiger partial charge in [-0.3, -0.25) is 9.69 Å². The smallest absolute Gasteiger partial charge is 0.263 e. The van der Waals surface area contributed by atoms with Gasteiger partial charge in [0.2, 0.25) is 5.13 Å². The van der Waals surface area contributed by atoms with Crippen molar-refractivity contribution in [1.29, 1.82) is 0 Å². The average molecular weight is 382 g/mol. The first-order valence-corrected chi connectivity index (χ1v) is 9.90. The molecule has 0 aliphatic carbocycles. The predicted molar refractivity (Wildman–Crippen MR) is 110 cm³/mol. The summed E-state index contributed by atoms with van der Waals surface area (Å²) in [4.78, 5) is 14.9. The maximum absolute atomic E-state index is 13.2. The van der Waals surface area contributed by atoms with E-state index in [1.807, 2.05) is 63.2 Å². The van der Waals surface area contributed by atoms with Crippen LogP contribution in [-0.2, 0) is 0 Å². The summed E-state index contributed by atoms with van der Waals surface area (Å²) >= 11 is 1.43. The third-order valence-electron chi connectivity index (χ3n) is 4.13. The Morgan fingerprint density at radius 3 is 2.56 bits per heavy atom. The molecule has 0 saturated carbocycles. The zero-order valence-corrected chi connectivity index (χ0v) is 16.6. The molecule has 0 unspecified atom stereocenters. The molecule has 0 bridgehead atoms. The van der Waals surface area contributed by atoms with E-state index in [0.717, 1.165) is 22.6 Å². The quantitative estimate of drug-likeness (QED) is 0.580. The number of hydrogen-bond acceptors (Lipinski definition) is 5. The van der Waals surface area contributed by atoms with Gasteiger partial charge in [0.1, 0.15) is 10.8 Å². The molecule has 140 valence electrons. The molecule has 0 atom stereocenters. The van der Waals surface area contributed by atoms with Crippen LogP contribution in [-0.4, -0.2) is 29.3 Å². The number of benzene rings is 2. The van der Waals surface area contributed by atoms with E-state index in [9.17, 15) is 4.79 Å². The number of para-hydroxylation sites is 1. The van der Waals surface area contributed by atoms with E-state index in [4.69, 9.17) is 4.74 Å². The fraction of sp³-hybridized carbons (Fsp3) is 0.286. The number of nitrogens with zero attached hydrogens (tertiary/aromatic N) is 3. The van der Waals surface area contributed by atoms with Crippen LogP contribution in [0.2, 0.25) is 0 Å². The molecule has 1 aromatic heterocycles. The largest absolute Gasteiger partial charge is 0.493 e. The number of carbonyl (C=O) groups is 1. The zero-order valence-electron chi connectivity index (χ0n) is 15.8. The second kappa shape index (κ2) is 8.77. The molecule has 27 heavy (non-hydrogen) atoms. The zero-order chi connectivity index (χ0) is 19.2. The van der Waals surface area contributed by atoms with Crippen molar-refractivity contribution in [3.8, 4) is 16.3 Å². The van der Waals surface area contributed by atoms with Gasteiger partial charge in [0.05, 0.1) is 12.2 Å². The Kier molecular flexibility index (Phi) is 6.19. The van der Waals surface area contributed by atoms with Gasteiger partial charge in [-0.05, 0) is 38.0 Å². The van der Waals surface area contributed by atoms with Gasteiger partial charge in [-0.1, -0.05) is 54.7 Å². The minimum Gasteiger partial charge on any atom is -0.493 e. The van der Waals surface area contributed by atoms with Gasteiger partial charge in [-0.15, -0.1) is 10.2 Å². The molecule has 5 nitrogen and oxygen atoms in total. The van der Waals surface area contributed by atoms with Crippen LogP contribution in [0.15, 0.2) is 48.5 Å². The van der Waals surface area contributed by atoms with Gasteiger partial charge in [-0.2, -0.15) is 0 Å². The minimum absolute atomic E-state index is 0.117. The van der Waals surface area contributed by atoms with E-state index in [1.54, 1.807) is 11.0 Å². The molecule has 1 heterocycles. The lowest BCUT2D eigenvalue weighted by Crippen LogP contribution is -2.32. The van der Waals surface area contributed by atoms with Crippen molar-refractivity contribution in [2.45, 2.75) is 27.2 Å².